The lowest BCUT2D eigenvalue weighted by molar-refractivity contribution is 0.174. The van der Waals surface area contributed by atoms with Gasteiger partial charge in [-0.3, -0.25) is 0 Å². The summed E-state index contributed by atoms with van der Waals surface area (Å²) in [6.45, 7) is 1.82. The number of hydrogen-bond donors (Lipinski definition) is 1. The third-order valence-corrected chi connectivity index (χ3v) is 2.88. The van der Waals surface area contributed by atoms with Crippen molar-refractivity contribution >= 4 is 5.82 Å². The van der Waals surface area contributed by atoms with Gasteiger partial charge in [0.25, 0.3) is 0 Å². The van der Waals surface area contributed by atoms with Gasteiger partial charge in [-0.2, -0.15) is 0 Å². The van der Waals surface area contributed by atoms with Crippen LogP contribution in [-0.2, 0) is 0 Å². The largest absolute Gasteiger partial charge is 0.454 e. The van der Waals surface area contributed by atoms with Gasteiger partial charge in [-0.1, -0.05) is 0 Å². The second kappa shape index (κ2) is 4.38. The molecule has 0 unspecified atom stereocenters. The maximum atomic E-state index is 13.7. The van der Waals surface area contributed by atoms with Crippen molar-refractivity contribution in [3.05, 3.63) is 29.7 Å². The molecule has 19 heavy (non-hydrogen) atoms. The van der Waals surface area contributed by atoms with E-state index in [9.17, 15) is 4.39 Å². The van der Waals surface area contributed by atoms with Gasteiger partial charge in [0.1, 0.15) is 0 Å². The van der Waals surface area contributed by atoms with Gasteiger partial charge in [0, 0.05) is 12.6 Å². The van der Waals surface area contributed by atoms with Crippen LogP contribution in [-0.4, -0.2) is 23.8 Å². The van der Waals surface area contributed by atoms with Crippen molar-refractivity contribution < 1.29 is 13.9 Å². The highest BCUT2D eigenvalue weighted by molar-refractivity contribution is 5.63. The molecule has 0 atom stereocenters. The smallest absolute Gasteiger partial charge is 0.231 e. The molecule has 1 aromatic carbocycles. The van der Waals surface area contributed by atoms with E-state index in [1.54, 1.807) is 26.1 Å². The molecule has 2 aromatic rings. The zero-order valence-corrected chi connectivity index (χ0v) is 10.5. The first-order valence-electron chi connectivity index (χ1n) is 5.81. The minimum atomic E-state index is -0.438. The lowest BCUT2D eigenvalue weighted by Gasteiger charge is -2.07. The summed E-state index contributed by atoms with van der Waals surface area (Å²) in [5.74, 6) is 1.53. The molecule has 0 spiro atoms. The molecule has 2 heterocycles. The molecule has 0 radical (unpaired) electrons. The minimum absolute atomic E-state index is 0.181. The summed E-state index contributed by atoms with van der Waals surface area (Å²) >= 11 is 0. The Hall–Kier alpha value is -2.37. The number of benzene rings is 1. The first-order chi connectivity index (χ1) is 9.19. The van der Waals surface area contributed by atoms with E-state index in [-0.39, 0.29) is 12.6 Å². The molecule has 1 aromatic heterocycles. The second-order valence-electron chi connectivity index (χ2n) is 4.11. The molecule has 1 aliphatic heterocycles. The fourth-order valence-corrected chi connectivity index (χ4v) is 1.89. The zero-order chi connectivity index (χ0) is 13.4. The van der Waals surface area contributed by atoms with Gasteiger partial charge in [-0.05, 0) is 25.1 Å². The molecule has 5 nitrogen and oxygen atoms in total. The summed E-state index contributed by atoms with van der Waals surface area (Å²) in [7, 11) is 1.62. The maximum absolute atomic E-state index is 13.7. The van der Waals surface area contributed by atoms with Crippen LogP contribution in [0, 0.1) is 12.7 Å². The van der Waals surface area contributed by atoms with Crippen molar-refractivity contribution in [3.63, 3.8) is 0 Å². The molecular formula is C13H12FN3O2. The van der Waals surface area contributed by atoms with Gasteiger partial charge in [-0.15, -0.1) is 0 Å². The Kier molecular flexibility index (Phi) is 2.70. The van der Waals surface area contributed by atoms with Crippen LogP contribution in [0.3, 0.4) is 0 Å². The van der Waals surface area contributed by atoms with E-state index in [4.69, 9.17) is 9.47 Å². The Labute approximate surface area is 109 Å². The Bertz CT molecular complexity index is 646. The number of halogens is 1. The van der Waals surface area contributed by atoms with Crippen LogP contribution < -0.4 is 14.8 Å². The molecule has 0 bridgehead atoms. The summed E-state index contributed by atoms with van der Waals surface area (Å²) < 4.78 is 24.2. The molecule has 1 aliphatic rings. The van der Waals surface area contributed by atoms with Crippen molar-refractivity contribution in [2.75, 3.05) is 19.2 Å². The highest BCUT2D eigenvalue weighted by Gasteiger charge is 2.16. The van der Waals surface area contributed by atoms with Gasteiger partial charge in [-0.25, -0.2) is 14.4 Å². The van der Waals surface area contributed by atoms with Gasteiger partial charge in [0.15, 0.2) is 29.0 Å². The van der Waals surface area contributed by atoms with Crippen LogP contribution in [0.25, 0.3) is 11.4 Å². The van der Waals surface area contributed by atoms with Gasteiger partial charge in [0.2, 0.25) is 6.79 Å². The van der Waals surface area contributed by atoms with E-state index >= 15 is 0 Å². The summed E-state index contributed by atoms with van der Waals surface area (Å²) in [6, 6.07) is 5.40. The van der Waals surface area contributed by atoms with E-state index in [0.717, 1.165) is 5.56 Å². The number of aromatic nitrogens is 2. The topological polar surface area (TPSA) is 56.3 Å². The van der Waals surface area contributed by atoms with Crippen LogP contribution in [0.4, 0.5) is 10.2 Å². The lowest BCUT2D eigenvalue weighted by Crippen LogP contribution is -2.03. The first kappa shape index (κ1) is 11.7. The predicted molar refractivity (Wildman–Crippen MR) is 67.8 cm³/mol. The number of fused-ring (bicyclic) bond motifs is 1. The average Bonchev–Trinajstić information content (AvgIpc) is 2.89. The van der Waals surface area contributed by atoms with Crippen LogP contribution in [0.1, 0.15) is 5.69 Å². The summed E-state index contributed by atoms with van der Waals surface area (Å²) in [4.78, 5) is 8.31. The van der Waals surface area contributed by atoms with E-state index in [0.29, 0.717) is 23.0 Å². The van der Waals surface area contributed by atoms with Crippen molar-refractivity contribution in [3.8, 4) is 22.9 Å². The first-order valence-corrected chi connectivity index (χ1v) is 5.81. The number of hydrogen-bond acceptors (Lipinski definition) is 5. The number of anilines is 1. The van der Waals surface area contributed by atoms with E-state index in [1.807, 2.05) is 6.07 Å². The van der Waals surface area contributed by atoms with E-state index < -0.39 is 5.82 Å². The van der Waals surface area contributed by atoms with Crippen LogP contribution >= 0.6 is 0 Å². The molecule has 0 saturated carbocycles. The van der Waals surface area contributed by atoms with Crippen molar-refractivity contribution in [2.24, 2.45) is 0 Å². The molecule has 0 amide bonds. The van der Waals surface area contributed by atoms with Crippen LogP contribution in [0.15, 0.2) is 18.2 Å². The predicted octanol–water partition coefficient (Wildman–Crippen LogP) is 2.36. The van der Waals surface area contributed by atoms with Crippen LogP contribution in [0.5, 0.6) is 11.5 Å². The number of nitrogens with zero attached hydrogens (tertiary/aromatic N) is 2. The van der Waals surface area contributed by atoms with Gasteiger partial charge < -0.3 is 14.8 Å². The minimum Gasteiger partial charge on any atom is -0.454 e. The Morgan fingerprint density at radius 2 is 2.00 bits per heavy atom. The molecule has 6 heteroatoms. The number of ether oxygens (including phenoxy) is 2. The van der Waals surface area contributed by atoms with E-state index in [1.165, 1.54) is 0 Å². The highest BCUT2D eigenvalue weighted by Crippen LogP contribution is 2.35. The van der Waals surface area contributed by atoms with Crippen molar-refractivity contribution in [2.45, 2.75) is 6.92 Å². The van der Waals surface area contributed by atoms with Crippen LogP contribution in [0.2, 0.25) is 0 Å². The second-order valence-corrected chi connectivity index (χ2v) is 4.11. The monoisotopic (exact) mass is 261 g/mol. The highest BCUT2D eigenvalue weighted by atomic mass is 19.1. The molecule has 3 rings (SSSR count). The standard InChI is InChI=1S/C13H12FN3O2/c1-7-11(14)13(15-2)17-12(16-7)8-3-4-9-10(5-8)19-6-18-9/h3-5H,6H2,1-2H3,(H,15,16,17). The summed E-state index contributed by atoms with van der Waals surface area (Å²) in [5, 5.41) is 2.72. The fourth-order valence-electron chi connectivity index (χ4n) is 1.89. The number of nitrogens with one attached hydrogen (secondary N) is 1. The lowest BCUT2D eigenvalue weighted by atomic mass is 10.2. The zero-order valence-electron chi connectivity index (χ0n) is 10.5. The average molecular weight is 261 g/mol. The normalized spacial score (nSPS) is 12.6. The van der Waals surface area contributed by atoms with Crippen molar-refractivity contribution in [1.82, 2.24) is 9.97 Å². The Morgan fingerprint density at radius 1 is 1.21 bits per heavy atom. The third kappa shape index (κ3) is 1.95. The summed E-state index contributed by atoms with van der Waals surface area (Å²) in [5.41, 5.74) is 1.05. The molecular weight excluding hydrogens is 249 g/mol. The molecule has 0 saturated heterocycles. The summed E-state index contributed by atoms with van der Waals surface area (Å²) in [6.07, 6.45) is 0. The van der Waals surface area contributed by atoms with Gasteiger partial charge >= 0.3 is 0 Å². The van der Waals surface area contributed by atoms with Gasteiger partial charge in [0.05, 0.1) is 5.69 Å². The maximum Gasteiger partial charge on any atom is 0.231 e. The quantitative estimate of drug-likeness (QED) is 0.899. The molecule has 1 N–H and O–H groups in total. The molecule has 0 fully saturated rings. The SMILES string of the molecule is CNc1nc(-c2ccc3c(c2)OCO3)nc(C)c1F. The third-order valence-electron chi connectivity index (χ3n) is 2.88. The molecule has 98 valence electrons. The molecule has 0 aliphatic carbocycles. The number of aryl methyl sites for hydroxylation is 1. The fraction of sp³-hybridized carbons (Fsp3) is 0.231. The van der Waals surface area contributed by atoms with E-state index in [2.05, 4.69) is 15.3 Å². The Morgan fingerprint density at radius 3 is 2.79 bits per heavy atom. The Balaban J connectivity index is 2.09. The van der Waals surface area contributed by atoms with Crippen molar-refractivity contribution in [1.29, 1.82) is 0 Å². The number of rotatable bonds is 2.